The minimum absolute atomic E-state index is 0.0874. The maximum absolute atomic E-state index is 13.3. The van der Waals surface area contributed by atoms with Crippen LogP contribution in [0, 0.1) is 29.1 Å². The van der Waals surface area contributed by atoms with Crippen molar-refractivity contribution in [1.29, 1.82) is 0 Å². The van der Waals surface area contributed by atoms with Crippen molar-refractivity contribution in [2.75, 3.05) is 19.7 Å². The number of ether oxygens (including phenoxy) is 1. The van der Waals surface area contributed by atoms with Gasteiger partial charge in [0.05, 0.1) is 18.6 Å². The van der Waals surface area contributed by atoms with Crippen molar-refractivity contribution < 1.29 is 19.1 Å². The van der Waals surface area contributed by atoms with Gasteiger partial charge in [0.25, 0.3) is 0 Å². The molecule has 4 saturated carbocycles. The Balaban J connectivity index is 1.45. The van der Waals surface area contributed by atoms with Crippen LogP contribution in [0.3, 0.4) is 0 Å². The van der Waals surface area contributed by atoms with Crippen molar-refractivity contribution in [2.24, 2.45) is 29.1 Å². The van der Waals surface area contributed by atoms with E-state index in [0.29, 0.717) is 37.3 Å². The summed E-state index contributed by atoms with van der Waals surface area (Å²) in [6.07, 6.45) is 7.37. The van der Waals surface area contributed by atoms with Gasteiger partial charge in [-0.1, -0.05) is 0 Å². The second kappa shape index (κ2) is 5.85. The van der Waals surface area contributed by atoms with E-state index in [1.807, 2.05) is 0 Å². The highest BCUT2D eigenvalue weighted by Crippen LogP contribution is 2.60. The number of ketones is 1. The van der Waals surface area contributed by atoms with Crippen LogP contribution in [-0.2, 0) is 19.1 Å². The summed E-state index contributed by atoms with van der Waals surface area (Å²) >= 11 is 0. The van der Waals surface area contributed by atoms with Crippen molar-refractivity contribution in [1.82, 2.24) is 4.90 Å². The zero-order valence-corrected chi connectivity index (χ0v) is 14.5. The first-order valence-electron chi connectivity index (χ1n) is 9.49. The molecule has 24 heavy (non-hydrogen) atoms. The number of rotatable bonds is 3. The molecule has 0 radical (unpaired) electrons. The van der Waals surface area contributed by atoms with Crippen LogP contribution in [0.4, 0.5) is 0 Å². The summed E-state index contributed by atoms with van der Waals surface area (Å²) in [6.45, 7) is 2.63. The van der Waals surface area contributed by atoms with E-state index in [1.165, 1.54) is 19.3 Å². The molecule has 1 atom stereocenters. The number of hydrogen-bond acceptors (Lipinski definition) is 4. The Morgan fingerprint density at radius 1 is 1.12 bits per heavy atom. The fourth-order valence-corrected chi connectivity index (χ4v) is 6.20. The largest absolute Gasteiger partial charge is 0.465 e. The normalized spacial score (nSPS) is 40.7. The Morgan fingerprint density at radius 3 is 2.21 bits per heavy atom. The Morgan fingerprint density at radius 2 is 1.71 bits per heavy atom. The smallest absolute Gasteiger partial charge is 0.316 e. The molecule has 4 bridgehead atoms. The van der Waals surface area contributed by atoms with Gasteiger partial charge in [0, 0.05) is 6.54 Å². The first kappa shape index (κ1) is 16.1. The predicted molar refractivity (Wildman–Crippen MR) is 86.9 cm³/mol. The quantitative estimate of drug-likeness (QED) is 0.587. The molecule has 1 unspecified atom stereocenters. The highest BCUT2D eigenvalue weighted by atomic mass is 16.5. The van der Waals surface area contributed by atoms with Gasteiger partial charge in [-0.2, -0.15) is 0 Å². The molecule has 1 aliphatic heterocycles. The lowest BCUT2D eigenvalue weighted by Gasteiger charge is -2.56. The Hall–Kier alpha value is -1.39. The molecule has 5 fully saturated rings. The van der Waals surface area contributed by atoms with Gasteiger partial charge in [-0.3, -0.25) is 14.4 Å². The number of piperidine rings is 1. The number of amides is 1. The first-order valence-corrected chi connectivity index (χ1v) is 9.49. The molecule has 4 aliphatic carbocycles. The van der Waals surface area contributed by atoms with E-state index >= 15 is 0 Å². The third kappa shape index (κ3) is 2.56. The van der Waals surface area contributed by atoms with Crippen molar-refractivity contribution in [3.63, 3.8) is 0 Å². The molecular weight excluding hydrogens is 306 g/mol. The van der Waals surface area contributed by atoms with Gasteiger partial charge < -0.3 is 9.64 Å². The maximum Gasteiger partial charge on any atom is 0.316 e. The van der Waals surface area contributed by atoms with Gasteiger partial charge in [-0.05, 0) is 69.6 Å². The fourth-order valence-electron chi connectivity index (χ4n) is 6.20. The average molecular weight is 333 g/mol. The zero-order chi connectivity index (χ0) is 16.9. The van der Waals surface area contributed by atoms with Gasteiger partial charge >= 0.3 is 5.97 Å². The summed E-state index contributed by atoms with van der Waals surface area (Å²) < 4.78 is 4.98. The highest BCUT2D eigenvalue weighted by molar-refractivity contribution is 6.02. The lowest BCUT2D eigenvalue weighted by atomic mass is 9.49. The van der Waals surface area contributed by atoms with E-state index in [2.05, 4.69) is 0 Å². The lowest BCUT2D eigenvalue weighted by Crippen LogP contribution is -2.57. The lowest BCUT2D eigenvalue weighted by molar-refractivity contribution is -0.164. The molecule has 0 aromatic rings. The third-order valence-corrected chi connectivity index (χ3v) is 6.77. The van der Waals surface area contributed by atoms with Gasteiger partial charge in [0.2, 0.25) is 5.91 Å². The number of esters is 1. The molecule has 1 saturated heterocycles. The molecular formula is C19H27NO4. The van der Waals surface area contributed by atoms with Crippen molar-refractivity contribution in [2.45, 2.75) is 51.9 Å². The van der Waals surface area contributed by atoms with Crippen LogP contribution in [-0.4, -0.2) is 42.3 Å². The second-order valence-corrected chi connectivity index (χ2v) is 8.48. The summed E-state index contributed by atoms with van der Waals surface area (Å²) in [6, 6.07) is 0. The van der Waals surface area contributed by atoms with Crippen molar-refractivity contribution in [3.8, 4) is 0 Å². The van der Waals surface area contributed by atoms with E-state index in [9.17, 15) is 14.4 Å². The number of carbonyl (C=O) groups excluding carboxylic acids is 3. The van der Waals surface area contributed by atoms with Crippen LogP contribution in [0.1, 0.15) is 51.9 Å². The van der Waals surface area contributed by atoms with Gasteiger partial charge in [-0.15, -0.1) is 0 Å². The molecule has 0 N–H and O–H groups in total. The van der Waals surface area contributed by atoms with Crippen LogP contribution < -0.4 is 0 Å². The number of hydrogen-bond donors (Lipinski definition) is 0. The van der Waals surface area contributed by atoms with E-state index in [1.54, 1.807) is 11.8 Å². The molecule has 5 heteroatoms. The van der Waals surface area contributed by atoms with Crippen LogP contribution in [0.5, 0.6) is 0 Å². The van der Waals surface area contributed by atoms with E-state index in [0.717, 1.165) is 19.3 Å². The maximum atomic E-state index is 13.3. The number of carbonyl (C=O) groups is 3. The number of likely N-dealkylation sites (tertiary alicyclic amines) is 1. The van der Waals surface area contributed by atoms with E-state index < -0.39 is 11.9 Å². The monoisotopic (exact) mass is 333 g/mol. The molecule has 1 amide bonds. The standard InChI is InChI=1S/C19H27NO4/c1-2-24-17(22)15-3-4-20(11-16(15)21)18(23)19-8-12-5-13(9-19)7-14(6-12)10-19/h12-15H,2-11H2,1H3. The Kier molecular flexibility index (Phi) is 3.92. The Labute approximate surface area is 143 Å². The predicted octanol–water partition coefficient (Wildman–Crippen LogP) is 2.18. The molecule has 5 nitrogen and oxygen atoms in total. The summed E-state index contributed by atoms with van der Waals surface area (Å²) in [4.78, 5) is 39.2. The summed E-state index contributed by atoms with van der Waals surface area (Å²) in [5.41, 5.74) is -0.203. The van der Waals surface area contributed by atoms with E-state index in [4.69, 9.17) is 4.74 Å². The molecule has 1 heterocycles. The summed E-state index contributed by atoms with van der Waals surface area (Å²) in [5, 5.41) is 0. The molecule has 0 aromatic carbocycles. The molecule has 5 aliphatic rings. The van der Waals surface area contributed by atoms with Crippen LogP contribution in [0.2, 0.25) is 0 Å². The summed E-state index contributed by atoms with van der Waals surface area (Å²) in [7, 11) is 0. The molecule has 0 spiro atoms. The van der Waals surface area contributed by atoms with Crippen LogP contribution >= 0.6 is 0 Å². The van der Waals surface area contributed by atoms with E-state index in [-0.39, 0.29) is 23.7 Å². The number of nitrogens with zero attached hydrogens (tertiary/aromatic N) is 1. The van der Waals surface area contributed by atoms with Crippen LogP contribution in [0.15, 0.2) is 0 Å². The minimum atomic E-state index is -0.676. The van der Waals surface area contributed by atoms with Crippen molar-refractivity contribution >= 4 is 17.7 Å². The van der Waals surface area contributed by atoms with Gasteiger partial charge in [0.15, 0.2) is 5.78 Å². The zero-order valence-electron chi connectivity index (χ0n) is 14.5. The van der Waals surface area contributed by atoms with Gasteiger partial charge in [-0.25, -0.2) is 0 Å². The van der Waals surface area contributed by atoms with Crippen molar-refractivity contribution in [3.05, 3.63) is 0 Å². The Bertz CT molecular complexity index is 534. The molecule has 132 valence electrons. The highest BCUT2D eigenvalue weighted by Gasteiger charge is 2.56. The summed E-state index contributed by atoms with van der Waals surface area (Å²) in [5.74, 6) is 1.08. The molecule has 5 rings (SSSR count). The minimum Gasteiger partial charge on any atom is -0.465 e. The fraction of sp³-hybridized carbons (Fsp3) is 0.842. The first-order chi connectivity index (χ1) is 11.5. The third-order valence-electron chi connectivity index (χ3n) is 6.77. The SMILES string of the molecule is CCOC(=O)C1CCN(C(=O)C23CC4CC(CC(C4)C2)C3)CC1=O. The average Bonchev–Trinajstić information content (AvgIpc) is 2.53. The van der Waals surface area contributed by atoms with Crippen LogP contribution in [0.25, 0.3) is 0 Å². The number of Topliss-reactive ketones (excluding diaryl/α,β-unsaturated/α-hetero) is 1. The molecule has 0 aromatic heterocycles. The second-order valence-electron chi connectivity index (χ2n) is 8.48. The topological polar surface area (TPSA) is 63.7 Å². The van der Waals surface area contributed by atoms with Gasteiger partial charge in [0.1, 0.15) is 5.92 Å².